The van der Waals surface area contributed by atoms with Gasteiger partial charge in [0.1, 0.15) is 5.76 Å². The monoisotopic (exact) mass is 231 g/mol. The first-order valence-electron chi connectivity index (χ1n) is 5.27. The smallest absolute Gasteiger partial charge is 0.337 e. The summed E-state index contributed by atoms with van der Waals surface area (Å²) in [5.74, 6) is -0.166. The average molecular weight is 231 g/mol. The summed E-state index contributed by atoms with van der Waals surface area (Å²) >= 11 is 0. The fraction of sp³-hybridized carbons (Fsp3) is 0.154. The van der Waals surface area contributed by atoms with E-state index >= 15 is 0 Å². The van der Waals surface area contributed by atoms with E-state index in [1.165, 1.54) is 0 Å². The first kappa shape index (κ1) is 11.3. The van der Waals surface area contributed by atoms with Crippen LogP contribution in [0.1, 0.15) is 21.7 Å². The Kier molecular flexibility index (Phi) is 3.14. The van der Waals surface area contributed by atoms with Crippen molar-refractivity contribution in [2.45, 2.75) is 13.5 Å². The Morgan fingerprint density at radius 2 is 2.18 bits per heavy atom. The van der Waals surface area contributed by atoms with Crippen LogP contribution in [0.5, 0.6) is 0 Å². The quantitative estimate of drug-likeness (QED) is 0.849. The molecule has 2 rings (SSSR count). The number of aryl methyl sites for hydroxylation is 1. The molecule has 17 heavy (non-hydrogen) atoms. The number of nitrogens with one attached hydrogen (secondary N) is 1. The van der Waals surface area contributed by atoms with Gasteiger partial charge in [-0.2, -0.15) is 0 Å². The summed E-state index contributed by atoms with van der Waals surface area (Å²) < 4.78 is 5.19. The van der Waals surface area contributed by atoms with E-state index in [0.717, 1.165) is 11.3 Å². The standard InChI is InChI=1S/C13H13NO3/c1-9-4-2-6-11(13(15)16)12(9)14-8-10-5-3-7-17-10/h2-7,14H,8H2,1H3,(H,15,16). The number of carboxylic acid groups (broad SMARTS) is 1. The number of carbonyl (C=O) groups is 1. The van der Waals surface area contributed by atoms with Crippen LogP contribution in [-0.2, 0) is 6.54 Å². The number of carboxylic acids is 1. The van der Waals surface area contributed by atoms with Gasteiger partial charge in [-0.15, -0.1) is 0 Å². The molecule has 0 atom stereocenters. The first-order valence-corrected chi connectivity index (χ1v) is 5.27. The molecule has 0 unspecified atom stereocenters. The van der Waals surface area contributed by atoms with E-state index in [9.17, 15) is 4.79 Å². The number of furan rings is 1. The van der Waals surface area contributed by atoms with Crippen LogP contribution in [0.2, 0.25) is 0 Å². The lowest BCUT2D eigenvalue weighted by Gasteiger charge is -2.11. The Labute approximate surface area is 98.9 Å². The first-order chi connectivity index (χ1) is 8.18. The Morgan fingerprint density at radius 3 is 2.82 bits per heavy atom. The van der Waals surface area contributed by atoms with Crippen molar-refractivity contribution in [2.24, 2.45) is 0 Å². The highest BCUT2D eigenvalue weighted by Crippen LogP contribution is 2.21. The van der Waals surface area contributed by atoms with Gasteiger partial charge < -0.3 is 14.8 Å². The summed E-state index contributed by atoms with van der Waals surface area (Å²) in [6.45, 7) is 2.34. The van der Waals surface area contributed by atoms with Gasteiger partial charge in [0.15, 0.2) is 0 Å². The van der Waals surface area contributed by atoms with Crippen LogP contribution in [0.3, 0.4) is 0 Å². The molecule has 0 aliphatic carbocycles. The van der Waals surface area contributed by atoms with Gasteiger partial charge in [0.25, 0.3) is 0 Å². The third-order valence-corrected chi connectivity index (χ3v) is 2.52. The Bertz CT molecular complexity index is 517. The zero-order chi connectivity index (χ0) is 12.3. The minimum atomic E-state index is -0.935. The van der Waals surface area contributed by atoms with Gasteiger partial charge in [0.2, 0.25) is 0 Å². The molecule has 0 spiro atoms. The zero-order valence-electron chi connectivity index (χ0n) is 9.43. The maximum absolute atomic E-state index is 11.1. The van der Waals surface area contributed by atoms with E-state index in [2.05, 4.69) is 5.32 Å². The van der Waals surface area contributed by atoms with Crippen LogP contribution in [-0.4, -0.2) is 11.1 Å². The van der Waals surface area contributed by atoms with Gasteiger partial charge in [-0.25, -0.2) is 4.79 Å². The average Bonchev–Trinajstić information content (AvgIpc) is 2.80. The number of benzene rings is 1. The van der Waals surface area contributed by atoms with Gasteiger partial charge >= 0.3 is 5.97 Å². The molecule has 0 saturated carbocycles. The summed E-state index contributed by atoms with van der Waals surface area (Å²) in [7, 11) is 0. The highest BCUT2D eigenvalue weighted by molar-refractivity contribution is 5.95. The Morgan fingerprint density at radius 1 is 1.35 bits per heavy atom. The Hall–Kier alpha value is -2.23. The molecule has 0 fully saturated rings. The topological polar surface area (TPSA) is 62.5 Å². The molecule has 0 bridgehead atoms. The highest BCUT2D eigenvalue weighted by atomic mass is 16.4. The lowest BCUT2D eigenvalue weighted by atomic mass is 10.1. The minimum Gasteiger partial charge on any atom is -0.478 e. The van der Waals surface area contributed by atoms with E-state index in [4.69, 9.17) is 9.52 Å². The van der Waals surface area contributed by atoms with E-state index in [1.54, 1.807) is 24.5 Å². The van der Waals surface area contributed by atoms with Gasteiger partial charge in [0.05, 0.1) is 24.1 Å². The predicted octanol–water partition coefficient (Wildman–Crippen LogP) is 2.90. The molecular formula is C13H13NO3. The van der Waals surface area contributed by atoms with Crippen LogP contribution < -0.4 is 5.32 Å². The normalized spacial score (nSPS) is 10.2. The molecule has 0 radical (unpaired) electrons. The third kappa shape index (κ3) is 2.47. The summed E-state index contributed by atoms with van der Waals surface area (Å²) in [6, 6.07) is 8.83. The molecular weight excluding hydrogens is 218 g/mol. The number of rotatable bonds is 4. The van der Waals surface area contributed by atoms with Crippen molar-refractivity contribution in [1.82, 2.24) is 0 Å². The van der Waals surface area contributed by atoms with Crippen molar-refractivity contribution >= 4 is 11.7 Å². The van der Waals surface area contributed by atoms with Gasteiger partial charge in [-0.3, -0.25) is 0 Å². The molecule has 0 aliphatic heterocycles. The largest absolute Gasteiger partial charge is 0.478 e. The molecule has 1 aromatic heterocycles. The third-order valence-electron chi connectivity index (χ3n) is 2.52. The predicted molar refractivity (Wildman–Crippen MR) is 64.2 cm³/mol. The van der Waals surface area contributed by atoms with Gasteiger partial charge in [-0.1, -0.05) is 12.1 Å². The van der Waals surface area contributed by atoms with Crippen molar-refractivity contribution in [1.29, 1.82) is 0 Å². The van der Waals surface area contributed by atoms with Crippen molar-refractivity contribution in [3.05, 3.63) is 53.5 Å². The highest BCUT2D eigenvalue weighted by Gasteiger charge is 2.11. The number of aromatic carboxylic acids is 1. The van der Waals surface area contributed by atoms with Gasteiger partial charge in [-0.05, 0) is 30.7 Å². The van der Waals surface area contributed by atoms with E-state index in [-0.39, 0.29) is 5.56 Å². The van der Waals surface area contributed by atoms with Crippen molar-refractivity contribution < 1.29 is 14.3 Å². The molecule has 0 saturated heterocycles. The summed E-state index contributed by atoms with van der Waals surface area (Å²) in [6.07, 6.45) is 1.59. The summed E-state index contributed by atoms with van der Waals surface area (Å²) in [4.78, 5) is 11.1. The molecule has 2 N–H and O–H groups in total. The maximum Gasteiger partial charge on any atom is 0.337 e. The van der Waals surface area contributed by atoms with E-state index < -0.39 is 5.97 Å². The van der Waals surface area contributed by atoms with Crippen LogP contribution >= 0.6 is 0 Å². The minimum absolute atomic E-state index is 0.275. The number of hydrogen-bond donors (Lipinski definition) is 2. The van der Waals surface area contributed by atoms with E-state index in [0.29, 0.717) is 12.2 Å². The van der Waals surface area contributed by atoms with Gasteiger partial charge in [0, 0.05) is 0 Å². The fourth-order valence-corrected chi connectivity index (χ4v) is 1.67. The zero-order valence-corrected chi connectivity index (χ0v) is 9.43. The molecule has 4 nitrogen and oxygen atoms in total. The molecule has 88 valence electrons. The lowest BCUT2D eigenvalue weighted by Crippen LogP contribution is -2.07. The van der Waals surface area contributed by atoms with E-state index in [1.807, 2.05) is 19.1 Å². The summed E-state index contributed by atoms with van der Waals surface area (Å²) in [5, 5.41) is 12.2. The SMILES string of the molecule is Cc1cccc(C(=O)O)c1NCc1ccco1. The molecule has 4 heteroatoms. The number of para-hydroxylation sites is 1. The van der Waals surface area contributed by atoms with Crippen molar-refractivity contribution in [3.8, 4) is 0 Å². The van der Waals surface area contributed by atoms with Crippen LogP contribution in [0, 0.1) is 6.92 Å². The molecule has 0 amide bonds. The molecule has 2 aromatic rings. The molecule has 1 aromatic carbocycles. The molecule has 1 heterocycles. The second kappa shape index (κ2) is 4.74. The van der Waals surface area contributed by atoms with Crippen LogP contribution in [0.15, 0.2) is 41.0 Å². The maximum atomic E-state index is 11.1. The number of anilines is 1. The van der Waals surface area contributed by atoms with Crippen LogP contribution in [0.25, 0.3) is 0 Å². The second-order valence-corrected chi connectivity index (χ2v) is 3.74. The van der Waals surface area contributed by atoms with Crippen molar-refractivity contribution in [3.63, 3.8) is 0 Å². The fourth-order valence-electron chi connectivity index (χ4n) is 1.67. The lowest BCUT2D eigenvalue weighted by molar-refractivity contribution is 0.0698. The molecule has 0 aliphatic rings. The summed E-state index contributed by atoms with van der Waals surface area (Å²) in [5.41, 5.74) is 1.81. The number of hydrogen-bond acceptors (Lipinski definition) is 3. The second-order valence-electron chi connectivity index (χ2n) is 3.74. The van der Waals surface area contributed by atoms with Crippen molar-refractivity contribution in [2.75, 3.05) is 5.32 Å². The van der Waals surface area contributed by atoms with Crippen LogP contribution in [0.4, 0.5) is 5.69 Å². The Balaban J connectivity index is 2.22.